The van der Waals surface area contributed by atoms with Crippen LogP contribution < -0.4 is 10.2 Å². The van der Waals surface area contributed by atoms with Crippen molar-refractivity contribution in [1.82, 2.24) is 10.3 Å². The van der Waals surface area contributed by atoms with Crippen molar-refractivity contribution in [3.8, 4) is 6.07 Å². The summed E-state index contributed by atoms with van der Waals surface area (Å²) >= 11 is 0. The Hall–Kier alpha value is -2.69. The lowest BCUT2D eigenvalue weighted by molar-refractivity contribution is -0.137. The van der Waals surface area contributed by atoms with Gasteiger partial charge in [-0.1, -0.05) is 0 Å². The number of fused-ring (bicyclic) bond motifs is 1. The summed E-state index contributed by atoms with van der Waals surface area (Å²) in [7, 11) is 1.59. The van der Waals surface area contributed by atoms with Crippen molar-refractivity contribution in [2.45, 2.75) is 19.1 Å². The van der Waals surface area contributed by atoms with E-state index < -0.39 is 6.10 Å². The molecule has 0 saturated carbocycles. The first kappa shape index (κ1) is 18.1. The molecule has 2 heterocycles. The van der Waals surface area contributed by atoms with Crippen molar-refractivity contribution < 1.29 is 14.3 Å². The molecule has 1 saturated heterocycles. The van der Waals surface area contributed by atoms with Gasteiger partial charge in [0.2, 0.25) is 0 Å². The van der Waals surface area contributed by atoms with Gasteiger partial charge in [-0.05, 0) is 31.2 Å². The minimum Gasteiger partial charge on any atom is -0.383 e. The van der Waals surface area contributed by atoms with E-state index in [0.717, 1.165) is 11.1 Å². The molecule has 7 nitrogen and oxygen atoms in total. The number of hydrogen-bond acceptors (Lipinski definition) is 6. The van der Waals surface area contributed by atoms with Gasteiger partial charge in [0.25, 0.3) is 5.91 Å². The second kappa shape index (κ2) is 8.13. The summed E-state index contributed by atoms with van der Waals surface area (Å²) in [6, 6.07) is 9.68. The van der Waals surface area contributed by atoms with Gasteiger partial charge in [-0.3, -0.25) is 9.78 Å². The summed E-state index contributed by atoms with van der Waals surface area (Å²) in [6.45, 7) is 3.97. The summed E-state index contributed by atoms with van der Waals surface area (Å²) in [5.74, 6) is -0.144. The molecular weight excluding hydrogens is 332 g/mol. The maximum atomic E-state index is 12.4. The number of methoxy groups -OCH3 is 1. The van der Waals surface area contributed by atoms with Gasteiger partial charge in [0.05, 0.1) is 30.3 Å². The standard InChI is InChI=1S/C19H22N4O3/c1-13-11-23(12-17(26-13)19(24)22-8-9-25-2)16-6-5-14(10-20)18-15(16)4-3-7-21-18/h3-7,13,17H,8-9,11-12H2,1-2H3,(H,22,24)/t13-,17-/m1/s1. The third-order valence-electron chi connectivity index (χ3n) is 4.37. The number of hydrogen-bond donors (Lipinski definition) is 1. The smallest absolute Gasteiger partial charge is 0.251 e. The average Bonchev–Trinajstić information content (AvgIpc) is 2.66. The van der Waals surface area contributed by atoms with E-state index in [4.69, 9.17) is 9.47 Å². The number of nitrogens with zero attached hydrogens (tertiary/aromatic N) is 3. The number of ether oxygens (including phenoxy) is 2. The quantitative estimate of drug-likeness (QED) is 0.818. The molecule has 1 amide bonds. The molecule has 7 heteroatoms. The monoisotopic (exact) mass is 354 g/mol. The fourth-order valence-corrected chi connectivity index (χ4v) is 3.21. The third-order valence-corrected chi connectivity index (χ3v) is 4.37. The zero-order chi connectivity index (χ0) is 18.5. The van der Waals surface area contributed by atoms with Crippen LogP contribution >= 0.6 is 0 Å². The number of benzene rings is 1. The van der Waals surface area contributed by atoms with Crippen LogP contribution in [-0.2, 0) is 14.3 Å². The van der Waals surface area contributed by atoms with Crippen molar-refractivity contribution in [3.05, 3.63) is 36.0 Å². The molecule has 136 valence electrons. The SMILES string of the molecule is COCCNC(=O)[C@H]1CN(c2ccc(C#N)c3ncccc23)C[C@@H](C)O1. The highest BCUT2D eigenvalue weighted by atomic mass is 16.5. The molecule has 1 aromatic heterocycles. The van der Waals surface area contributed by atoms with Crippen LogP contribution in [-0.4, -0.2) is 56.5 Å². The van der Waals surface area contributed by atoms with E-state index >= 15 is 0 Å². The minimum absolute atomic E-state index is 0.0933. The maximum absolute atomic E-state index is 12.4. The molecule has 1 aromatic carbocycles. The summed E-state index contributed by atoms with van der Waals surface area (Å²) < 4.78 is 10.8. The topological polar surface area (TPSA) is 87.5 Å². The van der Waals surface area contributed by atoms with Crippen LogP contribution in [0.25, 0.3) is 10.9 Å². The van der Waals surface area contributed by atoms with Gasteiger partial charge in [0.1, 0.15) is 6.07 Å². The van der Waals surface area contributed by atoms with Gasteiger partial charge in [-0.15, -0.1) is 0 Å². The van der Waals surface area contributed by atoms with E-state index in [1.165, 1.54) is 0 Å². The lowest BCUT2D eigenvalue weighted by atomic mass is 10.1. The number of nitrogens with one attached hydrogen (secondary N) is 1. The minimum atomic E-state index is -0.557. The molecule has 0 bridgehead atoms. The summed E-state index contributed by atoms with van der Waals surface area (Å²) in [5, 5.41) is 13.0. The van der Waals surface area contributed by atoms with Crippen molar-refractivity contribution in [1.29, 1.82) is 5.26 Å². The zero-order valence-electron chi connectivity index (χ0n) is 14.9. The van der Waals surface area contributed by atoms with E-state index in [0.29, 0.717) is 37.3 Å². The van der Waals surface area contributed by atoms with Crippen LogP contribution in [0.5, 0.6) is 0 Å². The van der Waals surface area contributed by atoms with E-state index in [9.17, 15) is 10.1 Å². The highest BCUT2D eigenvalue weighted by Gasteiger charge is 2.31. The second-order valence-corrected chi connectivity index (χ2v) is 6.27. The molecule has 1 N–H and O–H groups in total. The normalized spacial score (nSPS) is 20.0. The summed E-state index contributed by atoms with van der Waals surface area (Å²) in [4.78, 5) is 18.9. The Morgan fingerprint density at radius 3 is 3.08 bits per heavy atom. The van der Waals surface area contributed by atoms with Crippen LogP contribution in [0.1, 0.15) is 12.5 Å². The van der Waals surface area contributed by atoms with Gasteiger partial charge in [-0.2, -0.15) is 5.26 Å². The average molecular weight is 354 g/mol. The summed E-state index contributed by atoms with van der Waals surface area (Å²) in [5.41, 5.74) is 2.17. The lowest BCUT2D eigenvalue weighted by Gasteiger charge is -2.38. The molecule has 0 unspecified atom stereocenters. The molecule has 1 aliphatic rings. The van der Waals surface area contributed by atoms with Crippen LogP contribution in [0.3, 0.4) is 0 Å². The Labute approximate surface area is 152 Å². The zero-order valence-corrected chi connectivity index (χ0v) is 14.9. The van der Waals surface area contributed by atoms with Gasteiger partial charge in [0.15, 0.2) is 6.10 Å². The Balaban J connectivity index is 1.86. The van der Waals surface area contributed by atoms with Crippen LogP contribution in [0.2, 0.25) is 0 Å². The van der Waals surface area contributed by atoms with Crippen molar-refractivity contribution in [2.75, 3.05) is 38.3 Å². The molecule has 2 aromatic rings. The lowest BCUT2D eigenvalue weighted by Crippen LogP contribution is -2.53. The molecular formula is C19H22N4O3. The molecule has 0 radical (unpaired) electrons. The molecule has 0 spiro atoms. The second-order valence-electron chi connectivity index (χ2n) is 6.27. The predicted molar refractivity (Wildman–Crippen MR) is 97.9 cm³/mol. The number of aromatic nitrogens is 1. The van der Waals surface area contributed by atoms with Crippen LogP contribution in [0.15, 0.2) is 30.5 Å². The number of anilines is 1. The first-order chi connectivity index (χ1) is 12.6. The predicted octanol–water partition coefficient (Wildman–Crippen LogP) is 1.46. The number of amides is 1. The third kappa shape index (κ3) is 3.77. The molecule has 0 aliphatic carbocycles. The molecule has 26 heavy (non-hydrogen) atoms. The van der Waals surface area contributed by atoms with Crippen molar-refractivity contribution in [2.24, 2.45) is 0 Å². The Bertz CT molecular complexity index is 833. The van der Waals surface area contributed by atoms with E-state index in [2.05, 4.69) is 21.3 Å². The fraction of sp³-hybridized carbons (Fsp3) is 0.421. The van der Waals surface area contributed by atoms with E-state index in [-0.39, 0.29) is 12.0 Å². The number of morpholine rings is 1. The van der Waals surface area contributed by atoms with E-state index in [1.807, 2.05) is 25.1 Å². The van der Waals surface area contributed by atoms with Gasteiger partial charge >= 0.3 is 0 Å². The highest BCUT2D eigenvalue weighted by Crippen LogP contribution is 2.30. The molecule has 2 atom stereocenters. The number of rotatable bonds is 5. The van der Waals surface area contributed by atoms with Gasteiger partial charge in [0, 0.05) is 37.5 Å². The Morgan fingerprint density at radius 1 is 1.46 bits per heavy atom. The first-order valence-electron chi connectivity index (χ1n) is 8.59. The number of pyridine rings is 1. The summed E-state index contributed by atoms with van der Waals surface area (Å²) in [6.07, 6.45) is 1.03. The first-order valence-corrected chi connectivity index (χ1v) is 8.59. The number of nitriles is 1. The Kier molecular flexibility index (Phi) is 5.66. The molecule has 1 aliphatic heterocycles. The fourth-order valence-electron chi connectivity index (χ4n) is 3.21. The Morgan fingerprint density at radius 2 is 2.31 bits per heavy atom. The molecule has 3 rings (SSSR count). The van der Waals surface area contributed by atoms with Crippen molar-refractivity contribution >= 4 is 22.5 Å². The highest BCUT2D eigenvalue weighted by molar-refractivity contribution is 5.95. The number of carbonyl (C=O) groups is 1. The largest absolute Gasteiger partial charge is 0.383 e. The van der Waals surface area contributed by atoms with Crippen molar-refractivity contribution in [3.63, 3.8) is 0 Å². The number of carbonyl (C=O) groups excluding carboxylic acids is 1. The van der Waals surface area contributed by atoms with Gasteiger partial charge in [-0.25, -0.2) is 0 Å². The van der Waals surface area contributed by atoms with Crippen LogP contribution in [0, 0.1) is 11.3 Å². The van der Waals surface area contributed by atoms with E-state index in [1.54, 1.807) is 19.4 Å². The molecule has 1 fully saturated rings. The van der Waals surface area contributed by atoms with Gasteiger partial charge < -0.3 is 19.7 Å². The van der Waals surface area contributed by atoms with Crippen LogP contribution in [0.4, 0.5) is 5.69 Å². The maximum Gasteiger partial charge on any atom is 0.251 e.